The van der Waals surface area contributed by atoms with Gasteiger partial charge in [-0.3, -0.25) is 4.79 Å². The van der Waals surface area contributed by atoms with E-state index in [1.165, 1.54) is 18.2 Å². The minimum atomic E-state index is -0.297. The third-order valence-corrected chi connectivity index (χ3v) is 3.47. The predicted octanol–water partition coefficient (Wildman–Crippen LogP) is 3.11. The lowest BCUT2D eigenvalue weighted by Crippen LogP contribution is -2.20. The monoisotopic (exact) mass is 309 g/mol. The summed E-state index contributed by atoms with van der Waals surface area (Å²) < 4.78 is 14.7. The van der Waals surface area contributed by atoms with Crippen molar-refractivity contribution in [1.82, 2.24) is 14.7 Å². The summed E-state index contributed by atoms with van der Waals surface area (Å²) in [6, 6.07) is 9.90. The van der Waals surface area contributed by atoms with Crippen LogP contribution in [0, 0.1) is 12.7 Å². The third kappa shape index (κ3) is 3.63. The lowest BCUT2D eigenvalue weighted by molar-refractivity contribution is -0.116. The summed E-state index contributed by atoms with van der Waals surface area (Å²) in [4.78, 5) is 16.3. The molecule has 3 rings (SSSR count). The van der Waals surface area contributed by atoms with Crippen LogP contribution in [-0.4, -0.2) is 15.3 Å². The average Bonchev–Trinajstić information content (AvgIpc) is 2.97. The van der Waals surface area contributed by atoms with Crippen LogP contribution in [0.15, 0.2) is 54.9 Å². The van der Waals surface area contributed by atoms with Crippen LogP contribution >= 0.6 is 0 Å². The van der Waals surface area contributed by atoms with Crippen LogP contribution in [0.25, 0.3) is 11.7 Å². The first-order valence-electron chi connectivity index (χ1n) is 7.26. The van der Waals surface area contributed by atoms with Crippen molar-refractivity contribution in [3.05, 3.63) is 77.5 Å². The summed E-state index contributed by atoms with van der Waals surface area (Å²) >= 11 is 0. The fraction of sp³-hybridized carbons (Fsp3) is 0.111. The molecule has 5 heteroatoms. The minimum Gasteiger partial charge on any atom is -0.347 e. The van der Waals surface area contributed by atoms with E-state index >= 15 is 0 Å². The molecule has 116 valence electrons. The fourth-order valence-electron chi connectivity index (χ4n) is 2.27. The van der Waals surface area contributed by atoms with Crippen molar-refractivity contribution >= 4 is 17.6 Å². The van der Waals surface area contributed by atoms with Gasteiger partial charge >= 0.3 is 0 Å². The molecule has 1 aromatic carbocycles. The van der Waals surface area contributed by atoms with Crippen LogP contribution in [0.4, 0.5) is 4.39 Å². The molecule has 4 nitrogen and oxygen atoms in total. The third-order valence-electron chi connectivity index (χ3n) is 3.47. The highest BCUT2D eigenvalue weighted by atomic mass is 19.1. The Balaban J connectivity index is 1.61. The van der Waals surface area contributed by atoms with Gasteiger partial charge in [0.2, 0.25) is 5.91 Å². The number of aromatic nitrogens is 2. The molecule has 0 saturated heterocycles. The first kappa shape index (κ1) is 15.0. The molecule has 1 amide bonds. The van der Waals surface area contributed by atoms with Crippen LogP contribution in [0.5, 0.6) is 0 Å². The van der Waals surface area contributed by atoms with Gasteiger partial charge in [0.25, 0.3) is 0 Å². The molecule has 0 aliphatic heterocycles. The SMILES string of the molecule is Cc1cccn2cc(CNC(=O)/C=C/c3ccc(F)cc3)nc12. The number of nitrogens with one attached hydrogen (secondary N) is 1. The van der Waals surface area contributed by atoms with Crippen molar-refractivity contribution < 1.29 is 9.18 Å². The molecule has 2 heterocycles. The zero-order chi connectivity index (χ0) is 16.2. The summed E-state index contributed by atoms with van der Waals surface area (Å²) in [5.41, 5.74) is 3.53. The largest absolute Gasteiger partial charge is 0.347 e. The van der Waals surface area contributed by atoms with E-state index in [-0.39, 0.29) is 11.7 Å². The zero-order valence-corrected chi connectivity index (χ0v) is 12.7. The van der Waals surface area contributed by atoms with Gasteiger partial charge in [0.05, 0.1) is 12.2 Å². The number of nitrogens with zero attached hydrogens (tertiary/aromatic N) is 2. The maximum Gasteiger partial charge on any atom is 0.244 e. The molecule has 0 aliphatic rings. The van der Waals surface area contributed by atoms with E-state index in [2.05, 4.69) is 10.3 Å². The van der Waals surface area contributed by atoms with Crippen LogP contribution < -0.4 is 5.32 Å². The Kier molecular flexibility index (Phi) is 4.19. The van der Waals surface area contributed by atoms with E-state index in [1.807, 2.05) is 35.9 Å². The number of fused-ring (bicyclic) bond motifs is 1. The Bertz CT molecular complexity index is 866. The number of imidazole rings is 1. The Morgan fingerprint density at radius 3 is 2.83 bits per heavy atom. The number of aryl methyl sites for hydroxylation is 1. The number of benzene rings is 1. The molecule has 0 fully saturated rings. The number of carbonyl (C=O) groups is 1. The van der Waals surface area contributed by atoms with Crippen LogP contribution in [-0.2, 0) is 11.3 Å². The molecule has 1 N–H and O–H groups in total. The van der Waals surface area contributed by atoms with Crippen LogP contribution in [0.1, 0.15) is 16.8 Å². The molecule has 0 aliphatic carbocycles. The Hall–Kier alpha value is -2.95. The van der Waals surface area contributed by atoms with Gasteiger partial charge in [-0.15, -0.1) is 0 Å². The predicted molar refractivity (Wildman–Crippen MR) is 87.2 cm³/mol. The Labute approximate surface area is 133 Å². The Morgan fingerprint density at radius 1 is 1.30 bits per heavy atom. The van der Waals surface area contributed by atoms with Crippen molar-refractivity contribution in [3.63, 3.8) is 0 Å². The fourth-order valence-corrected chi connectivity index (χ4v) is 2.27. The molecule has 3 aromatic rings. The second-order valence-electron chi connectivity index (χ2n) is 5.26. The summed E-state index contributed by atoms with van der Waals surface area (Å²) in [7, 11) is 0. The van der Waals surface area contributed by atoms with Crippen molar-refractivity contribution in [1.29, 1.82) is 0 Å². The first-order chi connectivity index (χ1) is 11.1. The normalized spacial score (nSPS) is 11.2. The molecule has 0 saturated carbocycles. The van der Waals surface area contributed by atoms with Gasteiger partial charge in [-0.2, -0.15) is 0 Å². The summed E-state index contributed by atoms with van der Waals surface area (Å²) in [6.45, 7) is 2.35. The molecule has 23 heavy (non-hydrogen) atoms. The Morgan fingerprint density at radius 2 is 2.09 bits per heavy atom. The first-order valence-corrected chi connectivity index (χ1v) is 7.26. The van der Waals surface area contributed by atoms with E-state index < -0.39 is 0 Å². The van der Waals surface area contributed by atoms with E-state index in [1.54, 1.807) is 18.2 Å². The van der Waals surface area contributed by atoms with Gasteiger partial charge in [0.1, 0.15) is 11.5 Å². The van der Waals surface area contributed by atoms with E-state index in [0.717, 1.165) is 22.5 Å². The standard InChI is InChI=1S/C18H16FN3O/c1-13-3-2-10-22-12-16(21-18(13)22)11-20-17(23)9-6-14-4-7-15(19)8-5-14/h2-10,12H,11H2,1H3,(H,20,23)/b9-6+. The van der Waals surface area contributed by atoms with Crippen molar-refractivity contribution in [3.8, 4) is 0 Å². The molecule has 0 spiro atoms. The molecular weight excluding hydrogens is 293 g/mol. The molecule has 0 atom stereocenters. The van der Waals surface area contributed by atoms with E-state index in [0.29, 0.717) is 6.54 Å². The lowest BCUT2D eigenvalue weighted by atomic mass is 10.2. The minimum absolute atomic E-state index is 0.219. The topological polar surface area (TPSA) is 46.4 Å². The van der Waals surface area contributed by atoms with Crippen LogP contribution in [0.3, 0.4) is 0 Å². The van der Waals surface area contributed by atoms with Crippen molar-refractivity contribution in [2.75, 3.05) is 0 Å². The van der Waals surface area contributed by atoms with Crippen LogP contribution in [0.2, 0.25) is 0 Å². The van der Waals surface area contributed by atoms with Gasteiger partial charge in [-0.1, -0.05) is 18.2 Å². The smallest absolute Gasteiger partial charge is 0.244 e. The maximum absolute atomic E-state index is 12.8. The number of pyridine rings is 1. The maximum atomic E-state index is 12.8. The summed E-state index contributed by atoms with van der Waals surface area (Å²) in [5.74, 6) is -0.517. The van der Waals surface area contributed by atoms with Gasteiger partial charge in [-0.05, 0) is 42.3 Å². The summed E-state index contributed by atoms with van der Waals surface area (Å²) in [6.07, 6.45) is 6.89. The number of rotatable bonds is 4. The molecule has 2 aromatic heterocycles. The molecule has 0 radical (unpaired) electrons. The molecule has 0 bridgehead atoms. The highest BCUT2D eigenvalue weighted by Gasteiger charge is 2.04. The highest BCUT2D eigenvalue weighted by molar-refractivity contribution is 5.91. The zero-order valence-electron chi connectivity index (χ0n) is 12.7. The van der Waals surface area contributed by atoms with E-state index in [9.17, 15) is 9.18 Å². The number of carbonyl (C=O) groups excluding carboxylic acids is 1. The lowest BCUT2D eigenvalue weighted by Gasteiger charge is -1.98. The second-order valence-corrected chi connectivity index (χ2v) is 5.26. The average molecular weight is 309 g/mol. The second kappa shape index (κ2) is 6.44. The van der Waals surface area contributed by atoms with Crippen molar-refractivity contribution in [2.45, 2.75) is 13.5 Å². The summed E-state index contributed by atoms with van der Waals surface area (Å²) in [5, 5.41) is 2.79. The molecule has 0 unspecified atom stereocenters. The van der Waals surface area contributed by atoms with Gasteiger partial charge in [0.15, 0.2) is 0 Å². The number of hydrogen-bond donors (Lipinski definition) is 1. The van der Waals surface area contributed by atoms with Gasteiger partial charge in [-0.25, -0.2) is 9.37 Å². The molecular formula is C18H16FN3O. The van der Waals surface area contributed by atoms with E-state index in [4.69, 9.17) is 0 Å². The van der Waals surface area contributed by atoms with Gasteiger partial charge in [0, 0.05) is 18.5 Å². The van der Waals surface area contributed by atoms with Gasteiger partial charge < -0.3 is 9.72 Å². The van der Waals surface area contributed by atoms with Crippen molar-refractivity contribution in [2.24, 2.45) is 0 Å². The number of halogens is 1. The quantitative estimate of drug-likeness (QED) is 0.753. The highest BCUT2D eigenvalue weighted by Crippen LogP contribution is 2.09. The number of hydrogen-bond acceptors (Lipinski definition) is 2. The number of amides is 1.